The Balaban J connectivity index is 1.85. The van der Waals surface area contributed by atoms with E-state index in [0.717, 1.165) is 11.1 Å². The number of benzene rings is 2. The molecule has 0 heterocycles. The summed E-state index contributed by atoms with van der Waals surface area (Å²) >= 11 is 0. The van der Waals surface area contributed by atoms with Gasteiger partial charge in [-0.25, -0.2) is 4.79 Å². The molecule has 0 radical (unpaired) electrons. The Morgan fingerprint density at radius 3 is 2.48 bits per heavy atom. The lowest BCUT2D eigenvalue weighted by Crippen LogP contribution is -2.27. The molecule has 0 saturated carbocycles. The molecule has 0 bridgehead atoms. The fourth-order valence-corrected chi connectivity index (χ4v) is 1.87. The zero-order chi connectivity index (χ0) is 15.1. The molecule has 0 unspecified atom stereocenters. The second-order valence-corrected chi connectivity index (χ2v) is 4.66. The summed E-state index contributed by atoms with van der Waals surface area (Å²) in [5, 5.41) is 11.5. The van der Waals surface area contributed by atoms with E-state index in [2.05, 4.69) is 11.4 Å². The van der Waals surface area contributed by atoms with Gasteiger partial charge in [-0.05, 0) is 30.2 Å². The molecule has 2 aromatic rings. The van der Waals surface area contributed by atoms with Gasteiger partial charge in [0.2, 0.25) is 0 Å². The highest BCUT2D eigenvalue weighted by Gasteiger charge is 2.10. The number of nitriles is 1. The van der Waals surface area contributed by atoms with Crippen LogP contribution in [0, 0.1) is 11.3 Å². The number of nitrogens with zero attached hydrogens (tertiary/aromatic N) is 1. The number of hydrogen-bond acceptors (Lipinski definition) is 3. The topological polar surface area (TPSA) is 62.1 Å². The smallest absolute Gasteiger partial charge is 0.407 e. The second-order valence-electron chi connectivity index (χ2n) is 4.66. The first-order valence-electron chi connectivity index (χ1n) is 6.66. The third-order valence-corrected chi connectivity index (χ3v) is 3.09. The van der Waals surface area contributed by atoms with Crippen LogP contribution in [0.15, 0.2) is 54.6 Å². The molecule has 2 aromatic carbocycles. The third-order valence-electron chi connectivity index (χ3n) is 3.09. The first kappa shape index (κ1) is 14.6. The first-order valence-corrected chi connectivity index (χ1v) is 6.66. The van der Waals surface area contributed by atoms with Crippen molar-refractivity contribution < 1.29 is 9.53 Å². The van der Waals surface area contributed by atoms with Gasteiger partial charge >= 0.3 is 6.09 Å². The van der Waals surface area contributed by atoms with Crippen molar-refractivity contribution in [1.82, 2.24) is 5.32 Å². The highest BCUT2D eigenvalue weighted by molar-refractivity contribution is 5.67. The Morgan fingerprint density at radius 1 is 1.19 bits per heavy atom. The zero-order valence-electron chi connectivity index (χ0n) is 11.7. The van der Waals surface area contributed by atoms with Gasteiger partial charge in [0.1, 0.15) is 6.61 Å². The Bertz CT molecular complexity index is 630. The molecule has 0 spiro atoms. The van der Waals surface area contributed by atoms with Crippen LogP contribution in [-0.2, 0) is 11.3 Å². The molecule has 1 amide bonds. The minimum Gasteiger partial charge on any atom is -0.445 e. The number of ether oxygens (including phenoxy) is 1. The van der Waals surface area contributed by atoms with Crippen molar-refractivity contribution in [2.24, 2.45) is 0 Å². The number of amides is 1. The van der Waals surface area contributed by atoms with Crippen molar-refractivity contribution in [3.05, 3.63) is 71.3 Å². The van der Waals surface area contributed by atoms with Crippen molar-refractivity contribution >= 4 is 6.09 Å². The molecule has 0 aliphatic rings. The SMILES string of the molecule is C[C@H](NC(=O)OCc1ccccc1)c1ccc(C#N)cc1. The fraction of sp³-hybridized carbons (Fsp3) is 0.176. The number of hydrogen-bond donors (Lipinski definition) is 1. The minimum atomic E-state index is -0.462. The molecule has 2 rings (SSSR count). The van der Waals surface area contributed by atoms with Crippen LogP contribution < -0.4 is 5.32 Å². The second kappa shape index (κ2) is 7.11. The Morgan fingerprint density at radius 2 is 1.86 bits per heavy atom. The monoisotopic (exact) mass is 280 g/mol. The van der Waals surface area contributed by atoms with E-state index in [4.69, 9.17) is 10.00 Å². The maximum atomic E-state index is 11.7. The van der Waals surface area contributed by atoms with Crippen LogP contribution in [0.25, 0.3) is 0 Å². The van der Waals surface area contributed by atoms with E-state index in [1.54, 1.807) is 12.1 Å². The van der Waals surface area contributed by atoms with Crippen LogP contribution in [0.3, 0.4) is 0 Å². The van der Waals surface area contributed by atoms with Gasteiger partial charge < -0.3 is 10.1 Å². The Kier molecular flexibility index (Phi) is 4.94. The van der Waals surface area contributed by atoms with E-state index >= 15 is 0 Å². The van der Waals surface area contributed by atoms with Gasteiger partial charge in [-0.2, -0.15) is 5.26 Å². The number of alkyl carbamates (subject to hydrolysis) is 1. The lowest BCUT2D eigenvalue weighted by Gasteiger charge is -2.14. The van der Waals surface area contributed by atoms with Crippen molar-refractivity contribution in [2.45, 2.75) is 19.6 Å². The van der Waals surface area contributed by atoms with Crippen molar-refractivity contribution in [3.63, 3.8) is 0 Å². The minimum absolute atomic E-state index is 0.180. The molecule has 4 heteroatoms. The molecule has 0 fully saturated rings. The van der Waals surface area contributed by atoms with E-state index in [-0.39, 0.29) is 12.6 Å². The van der Waals surface area contributed by atoms with Crippen LogP contribution in [-0.4, -0.2) is 6.09 Å². The summed E-state index contributed by atoms with van der Waals surface area (Å²) in [6, 6.07) is 18.5. The predicted octanol–water partition coefficient (Wildman–Crippen LogP) is 3.55. The van der Waals surface area contributed by atoms with Gasteiger partial charge in [0.15, 0.2) is 0 Å². The average Bonchev–Trinajstić information content (AvgIpc) is 2.54. The van der Waals surface area contributed by atoms with Crippen molar-refractivity contribution in [3.8, 4) is 6.07 Å². The summed E-state index contributed by atoms with van der Waals surface area (Å²) in [5.41, 5.74) is 2.46. The van der Waals surface area contributed by atoms with Crippen LogP contribution in [0.2, 0.25) is 0 Å². The lowest BCUT2D eigenvalue weighted by molar-refractivity contribution is 0.136. The molecular formula is C17H16N2O2. The van der Waals surface area contributed by atoms with E-state index in [9.17, 15) is 4.79 Å². The predicted molar refractivity (Wildman–Crippen MR) is 79.3 cm³/mol. The molecule has 0 aliphatic heterocycles. The van der Waals surface area contributed by atoms with E-state index in [0.29, 0.717) is 5.56 Å². The molecule has 0 saturated heterocycles. The molecular weight excluding hydrogens is 264 g/mol. The Hall–Kier alpha value is -2.80. The van der Waals surface area contributed by atoms with Crippen LogP contribution in [0.4, 0.5) is 4.79 Å². The van der Waals surface area contributed by atoms with Crippen LogP contribution in [0.1, 0.15) is 29.7 Å². The quantitative estimate of drug-likeness (QED) is 0.931. The highest BCUT2D eigenvalue weighted by Crippen LogP contribution is 2.13. The van der Waals surface area contributed by atoms with Gasteiger partial charge in [0.25, 0.3) is 0 Å². The third kappa shape index (κ3) is 4.36. The summed E-state index contributed by atoms with van der Waals surface area (Å²) in [6.07, 6.45) is -0.462. The summed E-state index contributed by atoms with van der Waals surface area (Å²) in [5.74, 6) is 0. The fourth-order valence-electron chi connectivity index (χ4n) is 1.87. The van der Waals surface area contributed by atoms with Gasteiger partial charge in [0.05, 0.1) is 17.7 Å². The summed E-state index contributed by atoms with van der Waals surface area (Å²) in [6.45, 7) is 2.11. The summed E-state index contributed by atoms with van der Waals surface area (Å²) < 4.78 is 5.16. The lowest BCUT2D eigenvalue weighted by atomic mass is 10.1. The molecule has 1 atom stereocenters. The number of nitrogens with one attached hydrogen (secondary N) is 1. The molecule has 21 heavy (non-hydrogen) atoms. The maximum Gasteiger partial charge on any atom is 0.407 e. The molecule has 1 N–H and O–H groups in total. The van der Waals surface area contributed by atoms with E-state index in [1.807, 2.05) is 49.4 Å². The average molecular weight is 280 g/mol. The maximum absolute atomic E-state index is 11.7. The first-order chi connectivity index (χ1) is 10.2. The Labute approximate surface area is 124 Å². The van der Waals surface area contributed by atoms with E-state index < -0.39 is 6.09 Å². The normalized spacial score (nSPS) is 11.2. The van der Waals surface area contributed by atoms with E-state index in [1.165, 1.54) is 0 Å². The standard InChI is InChI=1S/C17H16N2O2/c1-13(16-9-7-14(11-18)8-10-16)19-17(20)21-12-15-5-3-2-4-6-15/h2-10,13H,12H2,1H3,(H,19,20)/t13-/m0/s1. The zero-order valence-corrected chi connectivity index (χ0v) is 11.7. The summed E-state index contributed by atoms with van der Waals surface area (Å²) in [4.78, 5) is 11.7. The largest absolute Gasteiger partial charge is 0.445 e. The van der Waals surface area contributed by atoms with Gasteiger partial charge in [-0.3, -0.25) is 0 Å². The number of carbonyl (C=O) groups is 1. The van der Waals surface area contributed by atoms with Crippen molar-refractivity contribution in [1.29, 1.82) is 5.26 Å². The van der Waals surface area contributed by atoms with Crippen LogP contribution in [0.5, 0.6) is 0 Å². The molecule has 106 valence electrons. The van der Waals surface area contributed by atoms with Crippen molar-refractivity contribution in [2.75, 3.05) is 0 Å². The van der Waals surface area contributed by atoms with Crippen LogP contribution >= 0.6 is 0 Å². The molecule has 0 aromatic heterocycles. The summed E-state index contributed by atoms with van der Waals surface area (Å²) in [7, 11) is 0. The van der Waals surface area contributed by atoms with Gasteiger partial charge in [-0.15, -0.1) is 0 Å². The highest BCUT2D eigenvalue weighted by atomic mass is 16.5. The number of rotatable bonds is 4. The molecule has 0 aliphatic carbocycles. The van der Waals surface area contributed by atoms with Gasteiger partial charge in [-0.1, -0.05) is 42.5 Å². The molecule has 4 nitrogen and oxygen atoms in total. The number of carbonyl (C=O) groups excluding carboxylic acids is 1. The van der Waals surface area contributed by atoms with Gasteiger partial charge in [0, 0.05) is 0 Å².